The lowest BCUT2D eigenvalue weighted by atomic mass is 10.8. The minimum Gasteiger partial charge on any atom is -0.0823 e. The highest BCUT2D eigenvalue weighted by Gasteiger charge is 2.28. The molecule has 52 valence electrons. The quantitative estimate of drug-likeness (QED) is 0.226. The SMILES string of the molecule is [N-]=[N+]=NC(Br)C(Cl)(Cl)Cl. The predicted molar refractivity (Wildman–Crippen MR) is 42.2 cm³/mol. The molecule has 7 heteroatoms. The Kier molecular flexibility index (Phi) is 4.01. The third-order valence-electron chi connectivity index (χ3n) is 0.423. The zero-order valence-electron chi connectivity index (χ0n) is 3.93. The van der Waals surface area contributed by atoms with E-state index in [2.05, 4.69) is 26.0 Å². The van der Waals surface area contributed by atoms with Gasteiger partial charge in [0.15, 0.2) is 0 Å². The summed E-state index contributed by atoms with van der Waals surface area (Å²) in [4.78, 5) is 1.61. The topological polar surface area (TPSA) is 48.8 Å². The van der Waals surface area contributed by atoms with E-state index in [0.29, 0.717) is 0 Å². The molecule has 0 aliphatic rings. The van der Waals surface area contributed by atoms with E-state index >= 15 is 0 Å². The van der Waals surface area contributed by atoms with Gasteiger partial charge in [-0.05, 0) is 5.53 Å². The van der Waals surface area contributed by atoms with Gasteiger partial charge >= 0.3 is 0 Å². The van der Waals surface area contributed by atoms with Crippen LogP contribution in [-0.2, 0) is 0 Å². The average Bonchev–Trinajstić information content (AvgIpc) is 1.64. The van der Waals surface area contributed by atoms with Crippen LogP contribution < -0.4 is 0 Å². The van der Waals surface area contributed by atoms with Crippen molar-refractivity contribution in [2.24, 2.45) is 5.11 Å². The summed E-state index contributed by atoms with van der Waals surface area (Å²) in [6, 6.07) is 0. The van der Waals surface area contributed by atoms with Crippen LogP contribution >= 0.6 is 50.7 Å². The van der Waals surface area contributed by atoms with E-state index in [9.17, 15) is 0 Å². The van der Waals surface area contributed by atoms with Crippen molar-refractivity contribution in [1.82, 2.24) is 0 Å². The molecule has 3 nitrogen and oxygen atoms in total. The number of rotatable bonds is 1. The maximum atomic E-state index is 7.85. The van der Waals surface area contributed by atoms with Crippen molar-refractivity contribution in [2.45, 2.75) is 8.74 Å². The summed E-state index contributed by atoms with van der Waals surface area (Å²) in [7, 11) is 0. The second-order valence-electron chi connectivity index (χ2n) is 1.08. The van der Waals surface area contributed by atoms with Gasteiger partial charge in [-0.25, -0.2) is 0 Å². The van der Waals surface area contributed by atoms with Crippen LogP contribution in [0.25, 0.3) is 10.4 Å². The summed E-state index contributed by atoms with van der Waals surface area (Å²) < 4.78 is -1.58. The van der Waals surface area contributed by atoms with Gasteiger partial charge in [0.2, 0.25) is 3.79 Å². The van der Waals surface area contributed by atoms with Crippen molar-refractivity contribution in [1.29, 1.82) is 0 Å². The number of azide groups is 1. The second-order valence-corrected chi connectivity index (χ2v) is 4.32. The average molecular weight is 253 g/mol. The normalized spacial score (nSPS) is 14.2. The third-order valence-corrected chi connectivity index (χ3v) is 2.70. The molecule has 1 atom stereocenters. The maximum Gasteiger partial charge on any atom is 0.208 e. The van der Waals surface area contributed by atoms with Crippen LogP contribution in [0.5, 0.6) is 0 Å². The van der Waals surface area contributed by atoms with E-state index in [1.807, 2.05) is 0 Å². The molecule has 0 aromatic heterocycles. The molecule has 9 heavy (non-hydrogen) atoms. The maximum absolute atomic E-state index is 7.85. The van der Waals surface area contributed by atoms with E-state index in [4.69, 9.17) is 40.3 Å². The Balaban J connectivity index is 4.03. The molecule has 0 rings (SSSR count). The molecule has 0 spiro atoms. The molecule has 0 saturated carbocycles. The molecule has 0 bridgehead atoms. The lowest BCUT2D eigenvalue weighted by Gasteiger charge is -2.11. The lowest BCUT2D eigenvalue weighted by molar-refractivity contribution is 0.951. The van der Waals surface area contributed by atoms with Crippen LogP contribution in [0.1, 0.15) is 0 Å². The van der Waals surface area contributed by atoms with E-state index in [1.54, 1.807) is 0 Å². The van der Waals surface area contributed by atoms with E-state index in [-0.39, 0.29) is 0 Å². The van der Waals surface area contributed by atoms with Crippen LogP contribution in [0.15, 0.2) is 5.11 Å². The standard InChI is InChI=1S/C2HBrCl3N3/c3-1(8-9-7)2(4,5)6/h1H. The van der Waals surface area contributed by atoms with Gasteiger partial charge in [-0.2, -0.15) is 0 Å². The number of nitrogens with zero attached hydrogens (tertiary/aromatic N) is 3. The molecule has 0 aliphatic heterocycles. The number of alkyl halides is 4. The Morgan fingerprint density at radius 2 is 2.00 bits per heavy atom. The fourth-order valence-electron chi connectivity index (χ4n) is 0.111. The summed E-state index contributed by atoms with van der Waals surface area (Å²) in [5.74, 6) is 0. The number of halogens is 4. The highest BCUT2D eigenvalue weighted by Crippen LogP contribution is 2.35. The van der Waals surface area contributed by atoms with E-state index in [0.717, 1.165) is 0 Å². The molecular weight excluding hydrogens is 252 g/mol. The molecule has 0 heterocycles. The summed E-state index contributed by atoms with van der Waals surface area (Å²) in [5, 5.41) is 3.10. The van der Waals surface area contributed by atoms with Crippen LogP contribution in [0.2, 0.25) is 0 Å². The predicted octanol–water partition coefficient (Wildman–Crippen LogP) is 3.39. The van der Waals surface area contributed by atoms with Crippen molar-refractivity contribution in [3.63, 3.8) is 0 Å². The van der Waals surface area contributed by atoms with E-state index in [1.165, 1.54) is 0 Å². The smallest absolute Gasteiger partial charge is 0.0823 e. The molecule has 0 aromatic carbocycles. The van der Waals surface area contributed by atoms with Gasteiger partial charge in [0.25, 0.3) is 0 Å². The lowest BCUT2D eigenvalue weighted by Crippen LogP contribution is -2.15. The van der Waals surface area contributed by atoms with Crippen molar-refractivity contribution in [2.75, 3.05) is 0 Å². The zero-order valence-corrected chi connectivity index (χ0v) is 7.78. The van der Waals surface area contributed by atoms with Crippen LogP contribution in [0.3, 0.4) is 0 Å². The Hall–Kier alpha value is 0.660. The monoisotopic (exact) mass is 251 g/mol. The van der Waals surface area contributed by atoms with Gasteiger partial charge in [-0.1, -0.05) is 55.8 Å². The Bertz CT molecular complexity index is 136. The van der Waals surface area contributed by atoms with Crippen molar-refractivity contribution >= 4 is 50.7 Å². The van der Waals surface area contributed by atoms with E-state index < -0.39 is 8.74 Å². The Labute approximate surface area is 75.0 Å². The number of hydrogen-bond donors (Lipinski definition) is 0. The first-order chi connectivity index (χ1) is 3.98. The molecular formula is C2HBrCl3N3. The Morgan fingerprint density at radius 3 is 2.11 bits per heavy atom. The first-order valence-corrected chi connectivity index (χ1v) is 3.78. The van der Waals surface area contributed by atoms with Gasteiger partial charge in [0.1, 0.15) is 4.95 Å². The van der Waals surface area contributed by atoms with Crippen LogP contribution in [0, 0.1) is 0 Å². The molecule has 0 radical (unpaired) electrons. The summed E-state index contributed by atoms with van der Waals surface area (Å²) >= 11 is 18.7. The minimum atomic E-state index is -1.58. The summed E-state index contributed by atoms with van der Waals surface area (Å²) in [6.45, 7) is 0. The molecule has 0 amide bonds. The zero-order chi connectivity index (χ0) is 7.49. The van der Waals surface area contributed by atoms with Crippen molar-refractivity contribution in [3.05, 3.63) is 10.4 Å². The largest absolute Gasteiger partial charge is 0.208 e. The van der Waals surface area contributed by atoms with Gasteiger partial charge < -0.3 is 0 Å². The van der Waals surface area contributed by atoms with Gasteiger partial charge in [-0.3, -0.25) is 0 Å². The second kappa shape index (κ2) is 3.74. The molecule has 0 fully saturated rings. The summed E-state index contributed by atoms with van der Waals surface area (Å²) in [6.07, 6.45) is 0. The molecule has 0 aliphatic carbocycles. The highest BCUT2D eigenvalue weighted by atomic mass is 79.9. The first-order valence-electron chi connectivity index (χ1n) is 1.73. The van der Waals surface area contributed by atoms with Crippen molar-refractivity contribution in [3.8, 4) is 0 Å². The molecule has 1 unspecified atom stereocenters. The fraction of sp³-hybridized carbons (Fsp3) is 1.00. The fourth-order valence-corrected chi connectivity index (χ4v) is 0.324. The van der Waals surface area contributed by atoms with Gasteiger partial charge in [0.05, 0.1) is 0 Å². The molecule has 0 saturated heterocycles. The minimum absolute atomic E-state index is 0.819. The van der Waals surface area contributed by atoms with Crippen molar-refractivity contribution < 1.29 is 0 Å². The highest BCUT2D eigenvalue weighted by molar-refractivity contribution is 9.09. The molecule has 0 aromatic rings. The first kappa shape index (κ1) is 9.66. The van der Waals surface area contributed by atoms with Gasteiger partial charge in [0, 0.05) is 4.91 Å². The summed E-state index contributed by atoms with van der Waals surface area (Å²) in [5.41, 5.74) is 7.85. The Morgan fingerprint density at radius 1 is 1.56 bits per heavy atom. The third kappa shape index (κ3) is 4.12. The van der Waals surface area contributed by atoms with Crippen LogP contribution in [-0.4, -0.2) is 8.74 Å². The molecule has 0 N–H and O–H groups in total. The number of hydrogen-bond acceptors (Lipinski definition) is 1. The van der Waals surface area contributed by atoms with Gasteiger partial charge in [-0.15, -0.1) is 0 Å². The van der Waals surface area contributed by atoms with Crippen LogP contribution in [0.4, 0.5) is 0 Å².